The van der Waals surface area contributed by atoms with Gasteiger partial charge in [-0.1, -0.05) is 30.3 Å². The van der Waals surface area contributed by atoms with Crippen LogP contribution in [-0.2, 0) is 16.4 Å². The van der Waals surface area contributed by atoms with Crippen LogP contribution in [0.3, 0.4) is 0 Å². The van der Waals surface area contributed by atoms with Crippen LogP contribution in [0.5, 0.6) is 5.75 Å². The molecule has 2 aromatic carbocycles. The Hall–Kier alpha value is -2.22. The molecular weight excluding hydrogens is 368 g/mol. The SMILES string of the molecule is Cc1ncsc1CCN(C)S(=O)(=O)c1ccccc1-c1ccc(O)cc1. The first-order valence-electron chi connectivity index (χ1n) is 8.13. The average molecular weight is 389 g/mol. The van der Waals surface area contributed by atoms with Crippen LogP contribution in [0.1, 0.15) is 10.6 Å². The van der Waals surface area contributed by atoms with E-state index in [1.807, 2.05) is 13.0 Å². The van der Waals surface area contributed by atoms with Crippen molar-refractivity contribution in [1.82, 2.24) is 9.29 Å². The number of hydrogen-bond donors (Lipinski definition) is 1. The van der Waals surface area contributed by atoms with E-state index in [1.165, 1.54) is 4.31 Å². The maximum absolute atomic E-state index is 13.1. The van der Waals surface area contributed by atoms with E-state index in [1.54, 1.807) is 66.4 Å². The van der Waals surface area contributed by atoms with Gasteiger partial charge >= 0.3 is 0 Å². The molecule has 0 unspecified atom stereocenters. The van der Waals surface area contributed by atoms with Gasteiger partial charge < -0.3 is 5.11 Å². The van der Waals surface area contributed by atoms with E-state index in [9.17, 15) is 13.5 Å². The van der Waals surface area contributed by atoms with Gasteiger partial charge in [-0.15, -0.1) is 11.3 Å². The number of nitrogens with zero attached hydrogens (tertiary/aromatic N) is 2. The smallest absolute Gasteiger partial charge is 0.243 e. The van der Waals surface area contributed by atoms with E-state index in [4.69, 9.17) is 0 Å². The molecule has 0 aliphatic heterocycles. The summed E-state index contributed by atoms with van der Waals surface area (Å²) in [6.45, 7) is 2.32. The second-order valence-electron chi connectivity index (χ2n) is 5.98. The third-order valence-electron chi connectivity index (χ3n) is 4.25. The van der Waals surface area contributed by atoms with Gasteiger partial charge in [0, 0.05) is 24.0 Å². The minimum Gasteiger partial charge on any atom is -0.508 e. The third-order valence-corrected chi connectivity index (χ3v) is 7.16. The number of hydrogen-bond acceptors (Lipinski definition) is 5. The molecule has 7 heteroatoms. The molecule has 3 rings (SSSR count). The number of aryl methyl sites for hydroxylation is 1. The van der Waals surface area contributed by atoms with Crippen molar-refractivity contribution in [2.75, 3.05) is 13.6 Å². The quantitative estimate of drug-likeness (QED) is 0.699. The summed E-state index contributed by atoms with van der Waals surface area (Å²) in [5.41, 5.74) is 4.09. The topological polar surface area (TPSA) is 70.5 Å². The zero-order chi connectivity index (χ0) is 18.7. The Bertz CT molecular complexity index is 996. The zero-order valence-electron chi connectivity index (χ0n) is 14.6. The minimum absolute atomic E-state index is 0.145. The molecule has 0 aliphatic carbocycles. The summed E-state index contributed by atoms with van der Waals surface area (Å²) in [7, 11) is -2.04. The van der Waals surface area contributed by atoms with Gasteiger partial charge in [0.05, 0.1) is 16.1 Å². The lowest BCUT2D eigenvalue weighted by Gasteiger charge is -2.19. The van der Waals surface area contributed by atoms with E-state index in [0.717, 1.165) is 16.1 Å². The molecule has 1 heterocycles. The Kier molecular flexibility index (Phi) is 5.41. The predicted octanol–water partition coefficient (Wildman–Crippen LogP) is 3.69. The summed E-state index contributed by atoms with van der Waals surface area (Å²) < 4.78 is 27.6. The molecule has 0 bridgehead atoms. The Morgan fingerprint density at radius 2 is 1.81 bits per heavy atom. The Balaban J connectivity index is 1.89. The zero-order valence-corrected chi connectivity index (χ0v) is 16.2. The maximum atomic E-state index is 13.1. The highest BCUT2D eigenvalue weighted by molar-refractivity contribution is 7.89. The highest BCUT2D eigenvalue weighted by Crippen LogP contribution is 2.30. The van der Waals surface area contributed by atoms with E-state index in [0.29, 0.717) is 18.5 Å². The van der Waals surface area contributed by atoms with Gasteiger partial charge in [-0.3, -0.25) is 0 Å². The fourth-order valence-electron chi connectivity index (χ4n) is 2.68. The highest BCUT2D eigenvalue weighted by atomic mass is 32.2. The Morgan fingerprint density at radius 3 is 2.46 bits per heavy atom. The number of likely N-dealkylation sites (N-methyl/N-ethyl adjacent to an activating group) is 1. The van der Waals surface area contributed by atoms with Crippen molar-refractivity contribution in [2.45, 2.75) is 18.2 Å². The van der Waals surface area contributed by atoms with Gasteiger partial charge in [-0.2, -0.15) is 0 Å². The number of sulfonamides is 1. The van der Waals surface area contributed by atoms with Crippen molar-refractivity contribution in [3.05, 3.63) is 64.6 Å². The number of phenolic OH excluding ortho intramolecular Hbond substituents is 1. The van der Waals surface area contributed by atoms with Crippen molar-refractivity contribution in [3.63, 3.8) is 0 Å². The van der Waals surface area contributed by atoms with E-state index in [2.05, 4.69) is 4.98 Å². The van der Waals surface area contributed by atoms with E-state index < -0.39 is 10.0 Å². The van der Waals surface area contributed by atoms with Crippen LogP contribution in [0.15, 0.2) is 58.9 Å². The maximum Gasteiger partial charge on any atom is 0.243 e. The molecule has 3 aromatic rings. The number of phenols is 1. The van der Waals surface area contributed by atoms with Crippen LogP contribution < -0.4 is 0 Å². The second-order valence-corrected chi connectivity index (χ2v) is 8.93. The summed E-state index contributed by atoms with van der Waals surface area (Å²) in [4.78, 5) is 5.56. The fraction of sp³-hybridized carbons (Fsp3) is 0.211. The summed E-state index contributed by atoms with van der Waals surface area (Å²) in [6, 6.07) is 13.4. The molecule has 0 fully saturated rings. The van der Waals surface area contributed by atoms with Crippen molar-refractivity contribution < 1.29 is 13.5 Å². The van der Waals surface area contributed by atoms with Gasteiger partial charge in [-0.25, -0.2) is 17.7 Å². The lowest BCUT2D eigenvalue weighted by molar-refractivity contribution is 0.473. The van der Waals surface area contributed by atoms with Crippen LogP contribution in [-0.4, -0.2) is 36.4 Å². The predicted molar refractivity (Wildman–Crippen MR) is 104 cm³/mol. The monoisotopic (exact) mass is 388 g/mol. The first-order chi connectivity index (χ1) is 12.4. The van der Waals surface area contributed by atoms with Crippen LogP contribution in [0.2, 0.25) is 0 Å². The van der Waals surface area contributed by atoms with E-state index in [-0.39, 0.29) is 10.6 Å². The normalized spacial score (nSPS) is 11.8. The number of aromatic nitrogens is 1. The summed E-state index contributed by atoms with van der Waals surface area (Å²) in [5, 5.41) is 9.47. The molecule has 5 nitrogen and oxygen atoms in total. The molecule has 0 amide bonds. The number of thiazole rings is 1. The largest absolute Gasteiger partial charge is 0.508 e. The highest BCUT2D eigenvalue weighted by Gasteiger charge is 2.24. The average Bonchev–Trinajstić information content (AvgIpc) is 3.05. The van der Waals surface area contributed by atoms with Crippen molar-refractivity contribution in [3.8, 4) is 16.9 Å². The molecule has 0 atom stereocenters. The van der Waals surface area contributed by atoms with E-state index >= 15 is 0 Å². The summed E-state index contributed by atoms with van der Waals surface area (Å²) >= 11 is 1.54. The van der Waals surface area contributed by atoms with Crippen LogP contribution >= 0.6 is 11.3 Å². The Morgan fingerprint density at radius 1 is 1.12 bits per heavy atom. The molecule has 26 heavy (non-hydrogen) atoms. The third kappa shape index (κ3) is 3.80. The molecule has 0 aliphatic rings. The molecule has 0 saturated heterocycles. The summed E-state index contributed by atoms with van der Waals surface area (Å²) in [5.74, 6) is 0.145. The van der Waals surface area contributed by atoms with Gasteiger partial charge in [0.1, 0.15) is 5.75 Å². The van der Waals surface area contributed by atoms with Gasteiger partial charge in [0.25, 0.3) is 0 Å². The summed E-state index contributed by atoms with van der Waals surface area (Å²) in [6.07, 6.45) is 0.633. The van der Waals surface area contributed by atoms with Gasteiger partial charge in [0.15, 0.2) is 0 Å². The molecule has 0 saturated carbocycles. The van der Waals surface area contributed by atoms with Crippen LogP contribution in [0, 0.1) is 6.92 Å². The van der Waals surface area contributed by atoms with Gasteiger partial charge in [-0.05, 0) is 37.1 Å². The van der Waals surface area contributed by atoms with Gasteiger partial charge in [0.2, 0.25) is 10.0 Å². The van der Waals surface area contributed by atoms with Crippen LogP contribution in [0.25, 0.3) is 11.1 Å². The molecule has 0 radical (unpaired) electrons. The first kappa shape index (κ1) is 18.6. The number of aromatic hydroxyl groups is 1. The lowest BCUT2D eigenvalue weighted by Crippen LogP contribution is -2.29. The van der Waals surface area contributed by atoms with Crippen molar-refractivity contribution in [2.24, 2.45) is 0 Å². The molecule has 0 spiro atoms. The second kappa shape index (κ2) is 7.57. The van der Waals surface area contributed by atoms with Crippen molar-refractivity contribution in [1.29, 1.82) is 0 Å². The number of benzene rings is 2. The molecular formula is C19H20N2O3S2. The molecule has 1 aromatic heterocycles. The fourth-order valence-corrected chi connectivity index (χ4v) is 4.84. The molecule has 136 valence electrons. The van der Waals surface area contributed by atoms with Crippen molar-refractivity contribution >= 4 is 21.4 Å². The van der Waals surface area contributed by atoms with Crippen LogP contribution in [0.4, 0.5) is 0 Å². The first-order valence-corrected chi connectivity index (χ1v) is 10.5. The Labute approximate surface area is 157 Å². The minimum atomic E-state index is -3.64. The number of rotatable bonds is 6. The standard InChI is InChI=1S/C19H20N2O3S2/c1-14-18(25-13-20-14)11-12-21(2)26(23,24)19-6-4-3-5-17(19)15-7-9-16(22)10-8-15/h3-10,13,22H,11-12H2,1-2H3. The molecule has 1 N–H and O–H groups in total. The lowest BCUT2D eigenvalue weighted by atomic mass is 10.1.